The smallest absolute Gasteiger partial charge is 0.293 e. The van der Waals surface area contributed by atoms with Crippen LogP contribution in [0.3, 0.4) is 0 Å². The second kappa shape index (κ2) is 9.17. The molecular weight excluding hydrogens is 386 g/mol. The Morgan fingerprint density at radius 1 is 1.40 bits per heavy atom. The zero-order chi connectivity index (χ0) is 21.7. The van der Waals surface area contributed by atoms with Gasteiger partial charge in [0.2, 0.25) is 5.89 Å². The molecule has 30 heavy (non-hydrogen) atoms. The second-order valence-corrected chi connectivity index (χ2v) is 6.73. The second-order valence-electron chi connectivity index (χ2n) is 6.73. The van der Waals surface area contributed by atoms with Crippen molar-refractivity contribution in [3.05, 3.63) is 66.5 Å². The zero-order valence-electron chi connectivity index (χ0n) is 17.0. The number of amides is 2. The van der Waals surface area contributed by atoms with Gasteiger partial charge in [-0.1, -0.05) is 36.0 Å². The van der Waals surface area contributed by atoms with Crippen LogP contribution in [0, 0.1) is 0 Å². The fraction of sp³-hybridized carbons (Fsp3) is 0.286. The summed E-state index contributed by atoms with van der Waals surface area (Å²) in [4.78, 5) is 35.1. The van der Waals surface area contributed by atoms with E-state index in [9.17, 15) is 9.59 Å². The van der Waals surface area contributed by atoms with Gasteiger partial charge in [-0.2, -0.15) is 4.98 Å². The molecule has 3 rings (SSSR count). The topological polar surface area (TPSA) is 110 Å². The van der Waals surface area contributed by atoms with Crippen LogP contribution < -0.4 is 15.0 Å². The molecule has 2 aromatic heterocycles. The summed E-state index contributed by atoms with van der Waals surface area (Å²) in [6, 6.07) is 2.48. The summed E-state index contributed by atoms with van der Waals surface area (Å²) in [5, 5.41) is 6.34. The molecule has 1 N–H and O–H groups in total. The zero-order valence-corrected chi connectivity index (χ0v) is 17.0. The lowest BCUT2D eigenvalue weighted by atomic mass is 10.1. The molecule has 2 aromatic rings. The number of pyridine rings is 1. The Morgan fingerprint density at radius 3 is 2.97 bits per heavy atom. The van der Waals surface area contributed by atoms with Crippen LogP contribution in [0.5, 0.6) is 5.75 Å². The van der Waals surface area contributed by atoms with Gasteiger partial charge in [0.05, 0.1) is 6.42 Å². The van der Waals surface area contributed by atoms with E-state index >= 15 is 0 Å². The number of carbonyl (C=O) groups excluding carboxylic acids is 2. The Kier molecular flexibility index (Phi) is 6.41. The normalized spacial score (nSPS) is 18.9. The van der Waals surface area contributed by atoms with E-state index in [1.807, 2.05) is 31.2 Å². The van der Waals surface area contributed by atoms with Crippen molar-refractivity contribution in [2.24, 2.45) is 0 Å². The van der Waals surface area contributed by atoms with Gasteiger partial charge in [0.15, 0.2) is 11.6 Å². The van der Waals surface area contributed by atoms with Crippen molar-refractivity contribution in [2.75, 3.05) is 11.9 Å². The van der Waals surface area contributed by atoms with Crippen LogP contribution in [0.2, 0.25) is 0 Å². The lowest BCUT2D eigenvalue weighted by Gasteiger charge is -2.22. The van der Waals surface area contributed by atoms with Crippen LogP contribution >= 0.6 is 0 Å². The van der Waals surface area contributed by atoms with Gasteiger partial charge < -0.3 is 14.6 Å². The number of nitrogens with one attached hydrogen (secondary N) is 1. The highest BCUT2D eigenvalue weighted by atomic mass is 16.5. The number of allylic oxidation sites excluding steroid dienone is 5. The van der Waals surface area contributed by atoms with Crippen molar-refractivity contribution >= 4 is 17.6 Å². The average Bonchev–Trinajstić information content (AvgIpc) is 3.16. The van der Waals surface area contributed by atoms with E-state index in [1.54, 1.807) is 32.3 Å². The molecule has 9 heteroatoms. The molecule has 0 bridgehead atoms. The van der Waals surface area contributed by atoms with Gasteiger partial charge in [-0.3, -0.25) is 14.5 Å². The average molecular weight is 409 g/mol. The summed E-state index contributed by atoms with van der Waals surface area (Å²) in [5.41, 5.74) is 0.747. The monoisotopic (exact) mass is 409 g/mol. The third-order valence-corrected chi connectivity index (χ3v) is 4.42. The third kappa shape index (κ3) is 4.62. The van der Waals surface area contributed by atoms with E-state index in [1.165, 1.54) is 4.90 Å². The fourth-order valence-corrected chi connectivity index (χ4v) is 2.87. The Balaban J connectivity index is 1.69. The van der Waals surface area contributed by atoms with Gasteiger partial charge in [0.1, 0.15) is 12.1 Å². The summed E-state index contributed by atoms with van der Waals surface area (Å²) < 4.78 is 11.0. The van der Waals surface area contributed by atoms with Crippen LogP contribution in [-0.4, -0.2) is 46.1 Å². The van der Waals surface area contributed by atoms with Crippen molar-refractivity contribution in [3.8, 4) is 5.75 Å². The summed E-state index contributed by atoms with van der Waals surface area (Å²) in [7, 11) is 1.58. The van der Waals surface area contributed by atoms with E-state index < -0.39 is 18.1 Å². The number of likely N-dealkylation sites (N-methyl/N-ethyl adjacent to an activating group) is 1. The van der Waals surface area contributed by atoms with Crippen LogP contribution in [0.1, 0.15) is 30.4 Å². The van der Waals surface area contributed by atoms with Gasteiger partial charge >= 0.3 is 0 Å². The Bertz CT molecular complexity index is 1010. The van der Waals surface area contributed by atoms with E-state index in [0.29, 0.717) is 18.0 Å². The molecule has 0 radical (unpaired) electrons. The number of fused-ring (bicyclic) bond motifs is 1. The standard InChI is InChI=1S/C21H23N5O4/c1-5-6-7-9-13(2)12-16-23-18(25-30-16)20(27)24-17-14(3)29-15-10-8-11-22-19(15)26(4)21(17)28/h5-11,14,17H,2,12H2,1,3-4H3,(H,24,27)/b6-5-,9-7-/t14-,17+/m1/s1. The predicted octanol–water partition coefficient (Wildman–Crippen LogP) is 2.24. The number of hydrogen-bond donors (Lipinski definition) is 1. The highest BCUT2D eigenvalue weighted by molar-refractivity contribution is 6.02. The maximum absolute atomic E-state index is 12.9. The van der Waals surface area contributed by atoms with E-state index in [4.69, 9.17) is 9.26 Å². The number of ether oxygens (including phenoxy) is 1. The first-order chi connectivity index (χ1) is 14.4. The SMILES string of the molecule is C=C(/C=C\C=C/C)Cc1nc(C(=O)N[C@@H]2C(=O)N(C)c3ncccc3O[C@@H]2C)no1. The minimum atomic E-state index is -0.947. The summed E-state index contributed by atoms with van der Waals surface area (Å²) in [6.45, 7) is 7.51. The number of hydrogen-bond acceptors (Lipinski definition) is 7. The van der Waals surface area contributed by atoms with Gasteiger partial charge in [-0.25, -0.2) is 4.98 Å². The number of aromatic nitrogens is 3. The van der Waals surface area contributed by atoms with Gasteiger partial charge in [-0.05, 0) is 31.6 Å². The first kappa shape index (κ1) is 21.0. The number of nitrogens with zero attached hydrogens (tertiary/aromatic N) is 4. The van der Waals surface area contributed by atoms with Gasteiger partial charge in [0.25, 0.3) is 17.6 Å². The largest absolute Gasteiger partial charge is 0.484 e. The quantitative estimate of drug-likeness (QED) is 0.729. The lowest BCUT2D eigenvalue weighted by Crippen LogP contribution is -2.53. The summed E-state index contributed by atoms with van der Waals surface area (Å²) in [5.74, 6) is -0.0691. The molecule has 0 saturated heterocycles. The van der Waals surface area contributed by atoms with E-state index in [0.717, 1.165) is 5.57 Å². The molecule has 0 aliphatic carbocycles. The van der Waals surface area contributed by atoms with Crippen molar-refractivity contribution in [2.45, 2.75) is 32.4 Å². The molecule has 1 aliphatic rings. The molecular formula is C21H23N5O4. The summed E-state index contributed by atoms with van der Waals surface area (Å²) >= 11 is 0. The first-order valence-electron chi connectivity index (χ1n) is 9.40. The Morgan fingerprint density at radius 2 is 2.20 bits per heavy atom. The third-order valence-electron chi connectivity index (χ3n) is 4.42. The van der Waals surface area contributed by atoms with Crippen molar-refractivity contribution in [1.29, 1.82) is 0 Å². The van der Waals surface area contributed by atoms with Crippen molar-refractivity contribution < 1.29 is 18.8 Å². The fourth-order valence-electron chi connectivity index (χ4n) is 2.87. The molecule has 1 aliphatic heterocycles. The minimum absolute atomic E-state index is 0.169. The molecule has 9 nitrogen and oxygen atoms in total. The number of carbonyl (C=O) groups is 2. The molecule has 0 aromatic carbocycles. The maximum Gasteiger partial charge on any atom is 0.293 e. The lowest BCUT2D eigenvalue weighted by molar-refractivity contribution is -0.121. The molecule has 156 valence electrons. The van der Waals surface area contributed by atoms with Crippen LogP contribution in [0.25, 0.3) is 0 Å². The summed E-state index contributed by atoms with van der Waals surface area (Å²) in [6.07, 6.45) is 8.67. The van der Waals surface area contributed by atoms with Gasteiger partial charge in [-0.15, -0.1) is 0 Å². The molecule has 0 fully saturated rings. The highest BCUT2D eigenvalue weighted by Crippen LogP contribution is 2.29. The molecule has 0 saturated carbocycles. The van der Waals surface area contributed by atoms with E-state index in [2.05, 4.69) is 27.0 Å². The molecule has 0 unspecified atom stereocenters. The molecule has 2 amide bonds. The van der Waals surface area contributed by atoms with Crippen LogP contribution in [-0.2, 0) is 11.2 Å². The Hall–Kier alpha value is -3.75. The van der Waals surface area contributed by atoms with Crippen LogP contribution in [0.4, 0.5) is 5.82 Å². The number of anilines is 1. The molecule has 0 spiro atoms. The molecule has 3 heterocycles. The highest BCUT2D eigenvalue weighted by Gasteiger charge is 2.37. The van der Waals surface area contributed by atoms with Crippen molar-refractivity contribution in [1.82, 2.24) is 20.4 Å². The minimum Gasteiger partial charge on any atom is -0.484 e. The van der Waals surface area contributed by atoms with Gasteiger partial charge in [0, 0.05) is 13.2 Å². The first-order valence-corrected chi connectivity index (χ1v) is 9.40. The number of rotatable bonds is 6. The Labute approximate surface area is 174 Å². The van der Waals surface area contributed by atoms with Crippen LogP contribution in [0.15, 0.2) is 59.3 Å². The molecule has 2 atom stereocenters. The van der Waals surface area contributed by atoms with Crippen molar-refractivity contribution in [3.63, 3.8) is 0 Å². The van der Waals surface area contributed by atoms with E-state index in [-0.39, 0.29) is 17.6 Å². The maximum atomic E-state index is 12.9. The predicted molar refractivity (Wildman–Crippen MR) is 110 cm³/mol.